The zero-order valence-electron chi connectivity index (χ0n) is 8.05. The molecule has 0 aliphatic carbocycles. The molecule has 11 heavy (non-hydrogen) atoms. The third-order valence-electron chi connectivity index (χ3n) is 1.95. The number of hydrogen-bond acceptors (Lipinski definition) is 2. The third-order valence-corrected chi connectivity index (χ3v) is 1.95. The maximum absolute atomic E-state index is 8.98. The van der Waals surface area contributed by atoms with Gasteiger partial charge < -0.3 is 9.84 Å². The minimum atomic E-state index is -0.178. The van der Waals surface area contributed by atoms with Crippen LogP contribution < -0.4 is 0 Å². The van der Waals surface area contributed by atoms with E-state index in [1.165, 1.54) is 0 Å². The maximum Gasteiger partial charge on any atom is 0.0622 e. The van der Waals surface area contributed by atoms with Crippen LogP contribution in [-0.2, 0) is 4.74 Å². The topological polar surface area (TPSA) is 29.5 Å². The van der Waals surface area contributed by atoms with Gasteiger partial charge in [-0.3, -0.25) is 0 Å². The summed E-state index contributed by atoms with van der Waals surface area (Å²) in [6.07, 6.45) is 2.72. The predicted octanol–water partition coefficient (Wildman–Crippen LogP) is 1.96. The van der Waals surface area contributed by atoms with E-state index < -0.39 is 0 Å². The van der Waals surface area contributed by atoms with Crippen LogP contribution in [-0.4, -0.2) is 23.9 Å². The highest BCUT2D eigenvalue weighted by molar-refractivity contribution is 4.67. The Balaban J connectivity index is 3.38. The van der Waals surface area contributed by atoms with Gasteiger partial charge in [0, 0.05) is 7.11 Å². The molecule has 2 heteroatoms. The Hall–Kier alpha value is -0.0800. The molecule has 0 aliphatic heterocycles. The van der Waals surface area contributed by atoms with Gasteiger partial charge in [0.2, 0.25) is 0 Å². The molecule has 2 nitrogen and oxygen atoms in total. The van der Waals surface area contributed by atoms with Gasteiger partial charge in [0.25, 0.3) is 0 Å². The van der Waals surface area contributed by atoms with E-state index in [1.54, 1.807) is 7.11 Å². The van der Waals surface area contributed by atoms with Crippen molar-refractivity contribution in [2.45, 2.75) is 51.7 Å². The number of aliphatic hydroxyl groups excluding tert-OH is 1. The molecule has 0 amide bonds. The highest BCUT2D eigenvalue weighted by Gasteiger charge is 2.15. The molecule has 0 aliphatic rings. The van der Waals surface area contributed by atoms with Crippen LogP contribution in [0.4, 0.5) is 0 Å². The van der Waals surface area contributed by atoms with Crippen molar-refractivity contribution in [1.82, 2.24) is 0 Å². The lowest BCUT2D eigenvalue weighted by molar-refractivity contribution is 0.0111. The Morgan fingerprint density at radius 2 is 2.00 bits per heavy atom. The molecule has 0 saturated heterocycles. The highest BCUT2D eigenvalue weighted by atomic mass is 16.5. The summed E-state index contributed by atoms with van der Waals surface area (Å²) in [4.78, 5) is 0. The second kappa shape index (κ2) is 4.73. The zero-order chi connectivity index (χ0) is 8.91. The lowest BCUT2D eigenvalue weighted by Crippen LogP contribution is -2.22. The number of ether oxygens (including phenoxy) is 1. The van der Waals surface area contributed by atoms with Gasteiger partial charge in [-0.15, -0.1) is 0 Å². The van der Waals surface area contributed by atoms with E-state index in [1.807, 2.05) is 6.92 Å². The molecule has 0 spiro atoms. The molecular weight excluding hydrogens is 140 g/mol. The quantitative estimate of drug-likeness (QED) is 0.666. The minimum Gasteiger partial charge on any atom is -0.393 e. The van der Waals surface area contributed by atoms with Crippen molar-refractivity contribution in [3.63, 3.8) is 0 Å². The lowest BCUT2D eigenvalue weighted by atomic mass is 10.0. The Morgan fingerprint density at radius 3 is 2.36 bits per heavy atom. The van der Waals surface area contributed by atoms with Crippen LogP contribution in [0.3, 0.4) is 0 Å². The van der Waals surface area contributed by atoms with Crippen LogP contribution in [0.15, 0.2) is 0 Å². The fourth-order valence-electron chi connectivity index (χ4n) is 0.925. The van der Waals surface area contributed by atoms with Crippen LogP contribution in [0, 0.1) is 0 Å². The average Bonchev–Trinajstić information content (AvgIpc) is 1.87. The summed E-state index contributed by atoms with van der Waals surface area (Å²) in [6.45, 7) is 5.95. The Labute approximate surface area is 69.6 Å². The molecule has 1 N–H and O–H groups in total. The summed E-state index contributed by atoms with van der Waals surface area (Å²) < 4.78 is 5.24. The molecule has 0 aromatic rings. The standard InChI is InChI=1S/C9H20O2/c1-8(10)6-5-7-9(2,3)11-4/h8,10H,5-7H2,1-4H3. The van der Waals surface area contributed by atoms with Crippen molar-refractivity contribution in [3.05, 3.63) is 0 Å². The number of rotatable bonds is 5. The van der Waals surface area contributed by atoms with Crippen LogP contribution in [0.5, 0.6) is 0 Å². The summed E-state index contributed by atoms with van der Waals surface area (Å²) in [7, 11) is 1.72. The first-order valence-corrected chi connectivity index (χ1v) is 4.21. The minimum absolute atomic E-state index is 0.0328. The summed E-state index contributed by atoms with van der Waals surface area (Å²) in [5.41, 5.74) is -0.0328. The van der Waals surface area contributed by atoms with Crippen molar-refractivity contribution in [1.29, 1.82) is 0 Å². The largest absolute Gasteiger partial charge is 0.393 e. The SMILES string of the molecule is COC(C)(C)CCCC(C)O. The van der Waals surface area contributed by atoms with Gasteiger partial charge in [-0.2, -0.15) is 0 Å². The maximum atomic E-state index is 8.98. The molecule has 68 valence electrons. The molecule has 0 rings (SSSR count). The van der Waals surface area contributed by atoms with Crippen LogP contribution in [0.25, 0.3) is 0 Å². The predicted molar refractivity (Wildman–Crippen MR) is 46.6 cm³/mol. The van der Waals surface area contributed by atoms with Crippen molar-refractivity contribution in [3.8, 4) is 0 Å². The molecule has 0 fully saturated rings. The number of hydrogen-bond donors (Lipinski definition) is 1. The van der Waals surface area contributed by atoms with Crippen LogP contribution in [0.2, 0.25) is 0 Å². The molecule has 1 unspecified atom stereocenters. The van der Waals surface area contributed by atoms with Gasteiger partial charge in [0.15, 0.2) is 0 Å². The van der Waals surface area contributed by atoms with Gasteiger partial charge in [0.1, 0.15) is 0 Å². The van der Waals surface area contributed by atoms with E-state index in [-0.39, 0.29) is 11.7 Å². The first-order chi connectivity index (χ1) is 4.98. The zero-order valence-corrected chi connectivity index (χ0v) is 8.05. The lowest BCUT2D eigenvalue weighted by Gasteiger charge is -2.22. The summed E-state index contributed by atoms with van der Waals surface area (Å²) in [5, 5.41) is 8.98. The van der Waals surface area contributed by atoms with Crippen LogP contribution >= 0.6 is 0 Å². The van der Waals surface area contributed by atoms with E-state index in [9.17, 15) is 0 Å². The molecule has 0 saturated carbocycles. The van der Waals surface area contributed by atoms with Gasteiger partial charge in [0.05, 0.1) is 11.7 Å². The van der Waals surface area contributed by atoms with E-state index in [0.717, 1.165) is 19.3 Å². The molecule has 0 aromatic carbocycles. The fourth-order valence-corrected chi connectivity index (χ4v) is 0.925. The van der Waals surface area contributed by atoms with Crippen molar-refractivity contribution in [2.24, 2.45) is 0 Å². The Bertz CT molecular complexity index is 97.7. The van der Waals surface area contributed by atoms with Gasteiger partial charge in [-0.1, -0.05) is 0 Å². The highest BCUT2D eigenvalue weighted by Crippen LogP contribution is 2.16. The second-order valence-electron chi connectivity index (χ2n) is 3.71. The van der Waals surface area contributed by atoms with Crippen molar-refractivity contribution >= 4 is 0 Å². The number of aliphatic hydroxyl groups is 1. The summed E-state index contributed by atoms with van der Waals surface area (Å²) >= 11 is 0. The van der Waals surface area contributed by atoms with E-state index >= 15 is 0 Å². The average molecular weight is 160 g/mol. The van der Waals surface area contributed by atoms with E-state index in [2.05, 4.69) is 13.8 Å². The Morgan fingerprint density at radius 1 is 1.45 bits per heavy atom. The van der Waals surface area contributed by atoms with Crippen molar-refractivity contribution < 1.29 is 9.84 Å². The normalized spacial score (nSPS) is 15.0. The first kappa shape index (κ1) is 10.9. The monoisotopic (exact) mass is 160 g/mol. The third kappa shape index (κ3) is 6.32. The fraction of sp³-hybridized carbons (Fsp3) is 1.00. The number of methoxy groups -OCH3 is 1. The van der Waals surface area contributed by atoms with Crippen molar-refractivity contribution in [2.75, 3.05) is 7.11 Å². The van der Waals surface area contributed by atoms with E-state index in [4.69, 9.17) is 9.84 Å². The smallest absolute Gasteiger partial charge is 0.0622 e. The molecular formula is C9H20O2. The molecule has 0 heterocycles. The molecule has 0 radical (unpaired) electrons. The van der Waals surface area contributed by atoms with Crippen LogP contribution in [0.1, 0.15) is 40.0 Å². The first-order valence-electron chi connectivity index (χ1n) is 4.21. The summed E-state index contributed by atoms with van der Waals surface area (Å²) in [6, 6.07) is 0. The summed E-state index contributed by atoms with van der Waals surface area (Å²) in [5.74, 6) is 0. The van der Waals surface area contributed by atoms with Gasteiger partial charge in [-0.25, -0.2) is 0 Å². The molecule has 1 atom stereocenters. The van der Waals surface area contributed by atoms with Gasteiger partial charge >= 0.3 is 0 Å². The Kier molecular flexibility index (Phi) is 4.69. The molecule has 0 aromatic heterocycles. The van der Waals surface area contributed by atoms with Gasteiger partial charge in [-0.05, 0) is 40.0 Å². The molecule has 0 bridgehead atoms. The van der Waals surface area contributed by atoms with E-state index in [0.29, 0.717) is 0 Å². The second-order valence-corrected chi connectivity index (χ2v) is 3.71.